The second kappa shape index (κ2) is 5.97. The van der Waals surface area contributed by atoms with Gasteiger partial charge in [0.05, 0.1) is 6.61 Å². The summed E-state index contributed by atoms with van der Waals surface area (Å²) in [6, 6.07) is 0. The summed E-state index contributed by atoms with van der Waals surface area (Å²) in [5.41, 5.74) is 5.20. The lowest BCUT2D eigenvalue weighted by Gasteiger charge is -2.08. The van der Waals surface area contributed by atoms with Crippen LogP contribution in [0.2, 0.25) is 0 Å². The van der Waals surface area contributed by atoms with Crippen LogP contribution in [0.4, 0.5) is 0 Å². The summed E-state index contributed by atoms with van der Waals surface area (Å²) in [5.74, 6) is 4.80. The zero-order valence-corrected chi connectivity index (χ0v) is 5.67. The maximum Gasteiger partial charge on any atom is 0.174 e. The van der Waals surface area contributed by atoms with Gasteiger partial charge < -0.3 is 10.5 Å². The fourth-order valence-electron chi connectivity index (χ4n) is 0.372. The van der Waals surface area contributed by atoms with Crippen molar-refractivity contribution in [1.82, 2.24) is 0 Å². The van der Waals surface area contributed by atoms with E-state index < -0.39 is 0 Å². The molecule has 56 valence electrons. The van der Waals surface area contributed by atoms with E-state index in [1.807, 2.05) is 0 Å². The average molecular weight is 134 g/mol. The van der Waals surface area contributed by atoms with Gasteiger partial charge >= 0.3 is 0 Å². The van der Waals surface area contributed by atoms with Crippen LogP contribution in [0.3, 0.4) is 0 Å². The molecule has 0 radical (unpaired) electrons. The fraction of sp³-hybridized carbons (Fsp3) is 1.00. The number of rotatable bonds is 5. The van der Waals surface area contributed by atoms with Gasteiger partial charge in [-0.05, 0) is 19.9 Å². The summed E-state index contributed by atoms with van der Waals surface area (Å²) in [6.45, 7) is 2.97. The van der Waals surface area contributed by atoms with E-state index in [0.29, 0.717) is 13.2 Å². The summed E-state index contributed by atoms with van der Waals surface area (Å²) < 4.78 is 5.00. The third kappa shape index (κ3) is 5.72. The molecule has 0 spiro atoms. The molecule has 0 amide bonds. The maximum atomic E-state index is 5.20. The third-order valence-corrected chi connectivity index (χ3v) is 0.893. The molecule has 0 aromatic heterocycles. The number of nitrogens with two attached hydrogens (primary N) is 2. The minimum atomic E-state index is -0.323. The van der Waals surface area contributed by atoms with Crippen LogP contribution in [0.15, 0.2) is 0 Å². The molecule has 0 saturated heterocycles. The van der Waals surface area contributed by atoms with Gasteiger partial charge in [0.25, 0.3) is 0 Å². The minimum Gasteiger partial charge on any atom is -0.351 e. The van der Waals surface area contributed by atoms with Crippen LogP contribution >= 0.6 is 0 Å². The predicted octanol–water partition coefficient (Wildman–Crippen LogP) is -0.412. The van der Waals surface area contributed by atoms with Crippen molar-refractivity contribution in [2.45, 2.75) is 19.6 Å². The maximum absolute atomic E-state index is 5.20. The van der Waals surface area contributed by atoms with E-state index in [-0.39, 0.29) is 6.29 Å². The van der Waals surface area contributed by atoms with Gasteiger partial charge in [-0.1, -0.05) is 0 Å². The lowest BCUT2D eigenvalue weighted by Crippen LogP contribution is -2.18. The van der Waals surface area contributed by atoms with E-state index in [9.17, 15) is 0 Å². The van der Waals surface area contributed by atoms with Crippen molar-refractivity contribution in [2.75, 3.05) is 13.2 Å². The molecule has 0 fully saturated rings. The van der Waals surface area contributed by atoms with Gasteiger partial charge in [-0.3, -0.25) is 4.84 Å². The van der Waals surface area contributed by atoms with Crippen molar-refractivity contribution >= 4 is 0 Å². The Hall–Kier alpha value is -0.160. The van der Waals surface area contributed by atoms with E-state index in [2.05, 4.69) is 4.84 Å². The van der Waals surface area contributed by atoms with Gasteiger partial charge in [0.15, 0.2) is 6.29 Å². The Morgan fingerprint density at radius 2 is 2.22 bits per heavy atom. The van der Waals surface area contributed by atoms with Crippen molar-refractivity contribution in [3.63, 3.8) is 0 Å². The second-order valence-electron chi connectivity index (χ2n) is 1.72. The molecule has 0 saturated carbocycles. The molecule has 0 bridgehead atoms. The molecule has 0 aliphatic rings. The molecule has 1 unspecified atom stereocenters. The molecule has 4 N–H and O–H groups in total. The van der Waals surface area contributed by atoms with Crippen LogP contribution in [0.5, 0.6) is 0 Å². The minimum absolute atomic E-state index is 0.323. The molecule has 0 aliphatic heterocycles. The van der Waals surface area contributed by atoms with Gasteiger partial charge in [0.2, 0.25) is 0 Å². The highest BCUT2D eigenvalue weighted by atomic mass is 16.7. The van der Waals surface area contributed by atoms with Crippen LogP contribution in [0.25, 0.3) is 0 Å². The van der Waals surface area contributed by atoms with Crippen LogP contribution in [-0.4, -0.2) is 19.4 Å². The standard InChI is InChI=1S/C5H14N2O2/c1-5(9-7)8-4-2-3-6/h5H,2-4,6-7H2,1H3. The molecule has 0 heterocycles. The molecule has 4 heteroatoms. The Labute approximate surface area is 55.1 Å². The quantitative estimate of drug-likeness (QED) is 0.304. The smallest absolute Gasteiger partial charge is 0.174 e. The largest absolute Gasteiger partial charge is 0.351 e. The van der Waals surface area contributed by atoms with Gasteiger partial charge in [0, 0.05) is 0 Å². The van der Waals surface area contributed by atoms with Crippen molar-refractivity contribution in [2.24, 2.45) is 11.6 Å². The molecule has 0 aromatic carbocycles. The molecular weight excluding hydrogens is 120 g/mol. The summed E-state index contributed by atoms with van der Waals surface area (Å²) in [6.07, 6.45) is 0.518. The van der Waals surface area contributed by atoms with Gasteiger partial charge in [-0.15, -0.1) is 0 Å². The van der Waals surface area contributed by atoms with Crippen molar-refractivity contribution in [1.29, 1.82) is 0 Å². The van der Waals surface area contributed by atoms with E-state index in [0.717, 1.165) is 6.42 Å². The van der Waals surface area contributed by atoms with E-state index in [1.54, 1.807) is 6.92 Å². The summed E-state index contributed by atoms with van der Waals surface area (Å²) in [4.78, 5) is 4.33. The summed E-state index contributed by atoms with van der Waals surface area (Å²) in [7, 11) is 0. The third-order valence-electron chi connectivity index (χ3n) is 0.893. The Morgan fingerprint density at radius 3 is 2.67 bits per heavy atom. The van der Waals surface area contributed by atoms with E-state index in [4.69, 9.17) is 16.4 Å². The first-order valence-corrected chi connectivity index (χ1v) is 2.98. The Bertz CT molecular complexity index is 60.9. The first-order chi connectivity index (χ1) is 4.31. The Morgan fingerprint density at radius 1 is 1.56 bits per heavy atom. The Balaban J connectivity index is 2.88. The van der Waals surface area contributed by atoms with Crippen molar-refractivity contribution in [3.05, 3.63) is 0 Å². The topological polar surface area (TPSA) is 70.5 Å². The molecule has 4 nitrogen and oxygen atoms in total. The van der Waals surface area contributed by atoms with Crippen molar-refractivity contribution in [3.8, 4) is 0 Å². The van der Waals surface area contributed by atoms with Crippen LogP contribution < -0.4 is 11.6 Å². The highest BCUT2D eigenvalue weighted by Gasteiger charge is 1.96. The number of hydrogen-bond acceptors (Lipinski definition) is 4. The molecule has 9 heavy (non-hydrogen) atoms. The lowest BCUT2D eigenvalue weighted by atomic mass is 10.5. The van der Waals surface area contributed by atoms with E-state index >= 15 is 0 Å². The molecular formula is C5H14N2O2. The van der Waals surface area contributed by atoms with Crippen molar-refractivity contribution < 1.29 is 9.57 Å². The van der Waals surface area contributed by atoms with Gasteiger partial charge in [0.1, 0.15) is 0 Å². The van der Waals surface area contributed by atoms with E-state index in [1.165, 1.54) is 0 Å². The lowest BCUT2D eigenvalue weighted by molar-refractivity contribution is -0.133. The monoisotopic (exact) mass is 134 g/mol. The fourth-order valence-corrected chi connectivity index (χ4v) is 0.372. The van der Waals surface area contributed by atoms with Crippen LogP contribution in [0.1, 0.15) is 13.3 Å². The average Bonchev–Trinajstić information content (AvgIpc) is 1.89. The number of hydrogen-bond donors (Lipinski definition) is 2. The Kier molecular flexibility index (Phi) is 5.86. The predicted molar refractivity (Wildman–Crippen MR) is 34.4 cm³/mol. The van der Waals surface area contributed by atoms with Crippen LogP contribution in [0, 0.1) is 0 Å². The molecule has 0 rings (SSSR count). The second-order valence-corrected chi connectivity index (χ2v) is 1.72. The van der Waals surface area contributed by atoms with Crippen LogP contribution in [-0.2, 0) is 9.57 Å². The summed E-state index contributed by atoms with van der Waals surface area (Å²) >= 11 is 0. The van der Waals surface area contributed by atoms with Gasteiger partial charge in [-0.2, -0.15) is 0 Å². The normalized spacial score (nSPS) is 13.7. The van der Waals surface area contributed by atoms with Gasteiger partial charge in [-0.25, -0.2) is 5.90 Å². The number of ether oxygens (including phenoxy) is 1. The highest BCUT2D eigenvalue weighted by Crippen LogP contribution is 1.88. The summed E-state index contributed by atoms with van der Waals surface area (Å²) in [5, 5.41) is 0. The molecule has 1 atom stereocenters. The zero-order chi connectivity index (χ0) is 7.11. The molecule has 0 aliphatic carbocycles. The SMILES string of the molecule is CC(ON)OCCCN. The molecule has 0 aromatic rings. The zero-order valence-electron chi connectivity index (χ0n) is 5.67. The highest BCUT2D eigenvalue weighted by molar-refractivity contribution is 4.35. The first-order valence-electron chi connectivity index (χ1n) is 2.98. The first kappa shape index (κ1) is 8.84.